The minimum Gasteiger partial charge on any atom is -0.391 e. The quantitative estimate of drug-likeness (QED) is 0.677. The summed E-state index contributed by atoms with van der Waals surface area (Å²) >= 11 is 1.60. The first kappa shape index (κ1) is 20.4. The van der Waals surface area contributed by atoms with Crippen LogP contribution in [0.4, 0.5) is 0 Å². The first-order valence-corrected chi connectivity index (χ1v) is 10.2. The molecule has 0 saturated carbocycles. The van der Waals surface area contributed by atoms with Crippen LogP contribution in [0.2, 0.25) is 0 Å². The second kappa shape index (κ2) is 8.81. The van der Waals surface area contributed by atoms with Crippen molar-refractivity contribution >= 4 is 23.2 Å². The second-order valence-electron chi connectivity index (χ2n) is 7.09. The number of hydrogen-bond donors (Lipinski definition) is 3. The summed E-state index contributed by atoms with van der Waals surface area (Å²) in [4.78, 5) is 32.0. The van der Waals surface area contributed by atoms with E-state index < -0.39 is 18.2 Å². The van der Waals surface area contributed by atoms with E-state index in [9.17, 15) is 14.7 Å². The molecule has 0 unspecified atom stereocenters. The van der Waals surface area contributed by atoms with Crippen LogP contribution in [0, 0.1) is 6.92 Å². The Morgan fingerprint density at radius 1 is 1.36 bits per heavy atom. The summed E-state index contributed by atoms with van der Waals surface area (Å²) in [5, 5.41) is 15.7. The van der Waals surface area contributed by atoms with Crippen LogP contribution in [-0.4, -0.2) is 58.6 Å². The molecule has 1 aliphatic rings. The molecule has 1 aromatic heterocycles. The lowest BCUT2D eigenvalue weighted by Crippen LogP contribution is -2.51. The summed E-state index contributed by atoms with van der Waals surface area (Å²) in [6.45, 7) is 4.29. The number of aryl methyl sites for hydroxylation is 1. The second-order valence-corrected chi connectivity index (χ2v) is 7.94. The molecule has 1 saturated heterocycles. The van der Waals surface area contributed by atoms with Gasteiger partial charge in [0.15, 0.2) is 0 Å². The van der Waals surface area contributed by atoms with Crippen LogP contribution >= 0.6 is 11.3 Å². The first-order chi connectivity index (χ1) is 13.4. The zero-order valence-electron chi connectivity index (χ0n) is 16.3. The SMILES string of the molecule is CN[C@@H](C)C(=O)N1C[C@H](O)C[C@H]1C(=O)NCc1ccc(-c2scnc2C)cc1. The van der Waals surface area contributed by atoms with Crippen LogP contribution in [0.25, 0.3) is 10.4 Å². The number of aliphatic hydroxyl groups excluding tert-OH is 1. The van der Waals surface area contributed by atoms with Crippen LogP contribution in [-0.2, 0) is 16.1 Å². The number of likely N-dealkylation sites (tertiary alicyclic amines) is 1. The van der Waals surface area contributed by atoms with Crippen molar-refractivity contribution < 1.29 is 14.7 Å². The lowest BCUT2D eigenvalue weighted by atomic mass is 10.1. The Kier molecular flexibility index (Phi) is 6.43. The number of likely N-dealkylation sites (N-methyl/N-ethyl adjacent to an activating group) is 1. The molecule has 0 aliphatic carbocycles. The molecule has 1 fully saturated rings. The van der Waals surface area contributed by atoms with E-state index in [4.69, 9.17) is 0 Å². The summed E-state index contributed by atoms with van der Waals surface area (Å²) in [5.74, 6) is -0.418. The number of nitrogens with zero attached hydrogens (tertiary/aromatic N) is 2. The van der Waals surface area contributed by atoms with E-state index >= 15 is 0 Å². The van der Waals surface area contributed by atoms with E-state index in [0.29, 0.717) is 6.54 Å². The molecule has 3 rings (SSSR count). The molecule has 7 nitrogen and oxygen atoms in total. The number of hydrogen-bond acceptors (Lipinski definition) is 6. The third kappa shape index (κ3) is 4.40. The molecular weight excluding hydrogens is 376 g/mol. The summed E-state index contributed by atoms with van der Waals surface area (Å²) in [5.41, 5.74) is 4.91. The first-order valence-electron chi connectivity index (χ1n) is 9.33. The van der Waals surface area contributed by atoms with E-state index in [1.54, 1.807) is 25.3 Å². The van der Waals surface area contributed by atoms with E-state index in [1.165, 1.54) is 4.90 Å². The molecule has 1 aromatic carbocycles. The summed E-state index contributed by atoms with van der Waals surface area (Å²) < 4.78 is 0. The van der Waals surface area contributed by atoms with Crippen molar-refractivity contribution in [3.8, 4) is 10.4 Å². The van der Waals surface area contributed by atoms with Gasteiger partial charge in [-0.3, -0.25) is 9.59 Å². The summed E-state index contributed by atoms with van der Waals surface area (Å²) in [7, 11) is 1.70. The molecule has 0 radical (unpaired) electrons. The van der Waals surface area contributed by atoms with Crippen molar-refractivity contribution in [3.05, 3.63) is 41.0 Å². The molecule has 2 amide bonds. The number of β-amino-alcohol motifs (C(OH)–C–C–N with tert-alkyl or cyclic N) is 1. The van der Waals surface area contributed by atoms with Crippen molar-refractivity contribution in [1.29, 1.82) is 0 Å². The Morgan fingerprint density at radius 2 is 2.07 bits per heavy atom. The highest BCUT2D eigenvalue weighted by Gasteiger charge is 2.39. The average molecular weight is 403 g/mol. The number of carbonyl (C=O) groups excluding carboxylic acids is 2. The average Bonchev–Trinajstić information content (AvgIpc) is 3.30. The standard InChI is InChI=1S/C20H26N4O3S/c1-12-18(28-11-23-12)15-6-4-14(5-7-15)9-22-19(26)17-8-16(25)10-24(17)20(27)13(2)21-3/h4-7,11,13,16-17,21,25H,8-10H2,1-3H3,(H,22,26)/t13-,16+,17-/m0/s1. The minimum atomic E-state index is -0.675. The zero-order valence-corrected chi connectivity index (χ0v) is 17.1. The van der Waals surface area contributed by atoms with Gasteiger partial charge in [-0.2, -0.15) is 0 Å². The molecule has 0 spiro atoms. The van der Waals surface area contributed by atoms with Crippen molar-refractivity contribution in [2.75, 3.05) is 13.6 Å². The van der Waals surface area contributed by atoms with Crippen molar-refractivity contribution in [2.24, 2.45) is 0 Å². The lowest BCUT2D eigenvalue weighted by molar-refractivity contribution is -0.139. The molecule has 1 aliphatic heterocycles. The molecule has 8 heteroatoms. The summed E-state index contributed by atoms with van der Waals surface area (Å²) in [6.07, 6.45) is -0.414. The predicted molar refractivity (Wildman–Crippen MR) is 109 cm³/mol. The zero-order chi connectivity index (χ0) is 20.3. The van der Waals surface area contributed by atoms with Crippen molar-refractivity contribution in [1.82, 2.24) is 20.5 Å². The van der Waals surface area contributed by atoms with Gasteiger partial charge in [-0.05, 0) is 32.0 Å². The largest absolute Gasteiger partial charge is 0.391 e. The molecule has 0 bridgehead atoms. The predicted octanol–water partition coefficient (Wildman–Crippen LogP) is 1.30. The maximum absolute atomic E-state index is 12.6. The van der Waals surface area contributed by atoms with Gasteiger partial charge in [-0.25, -0.2) is 4.98 Å². The van der Waals surface area contributed by atoms with Gasteiger partial charge in [-0.15, -0.1) is 11.3 Å². The monoisotopic (exact) mass is 402 g/mol. The smallest absolute Gasteiger partial charge is 0.243 e. The fourth-order valence-corrected chi connectivity index (χ4v) is 4.15. The number of nitrogens with one attached hydrogen (secondary N) is 2. The number of amides is 2. The van der Waals surface area contributed by atoms with Gasteiger partial charge in [0, 0.05) is 19.5 Å². The molecule has 3 atom stereocenters. The van der Waals surface area contributed by atoms with Crippen LogP contribution in [0.1, 0.15) is 24.6 Å². The maximum Gasteiger partial charge on any atom is 0.243 e. The maximum atomic E-state index is 12.6. The minimum absolute atomic E-state index is 0.177. The Bertz CT molecular complexity index is 836. The van der Waals surface area contributed by atoms with Crippen molar-refractivity contribution in [3.63, 3.8) is 0 Å². The third-order valence-electron chi connectivity index (χ3n) is 5.10. The Hall–Kier alpha value is -2.29. The number of thiazole rings is 1. The van der Waals surface area contributed by atoms with Gasteiger partial charge in [0.2, 0.25) is 11.8 Å². The van der Waals surface area contributed by atoms with E-state index in [1.807, 2.05) is 36.7 Å². The Labute approximate surface area is 168 Å². The lowest BCUT2D eigenvalue weighted by Gasteiger charge is -2.26. The van der Waals surface area contributed by atoms with Gasteiger partial charge >= 0.3 is 0 Å². The van der Waals surface area contributed by atoms with Crippen LogP contribution in [0.3, 0.4) is 0 Å². The van der Waals surface area contributed by atoms with Gasteiger partial charge in [-0.1, -0.05) is 24.3 Å². The van der Waals surface area contributed by atoms with E-state index in [-0.39, 0.29) is 24.8 Å². The topological polar surface area (TPSA) is 94.6 Å². The number of carbonyl (C=O) groups is 2. The van der Waals surface area contributed by atoms with E-state index in [2.05, 4.69) is 15.6 Å². The van der Waals surface area contributed by atoms with Crippen molar-refractivity contribution in [2.45, 2.75) is 45.0 Å². The van der Waals surface area contributed by atoms with E-state index in [0.717, 1.165) is 21.7 Å². The number of aromatic nitrogens is 1. The van der Waals surface area contributed by atoms with Gasteiger partial charge < -0.3 is 20.6 Å². The highest BCUT2D eigenvalue weighted by molar-refractivity contribution is 7.13. The molecule has 28 heavy (non-hydrogen) atoms. The fraction of sp³-hybridized carbons (Fsp3) is 0.450. The number of rotatable bonds is 6. The molecule has 2 heterocycles. The normalized spacial score (nSPS) is 20.2. The van der Waals surface area contributed by atoms with Gasteiger partial charge in [0.05, 0.1) is 28.2 Å². The van der Waals surface area contributed by atoms with Gasteiger partial charge in [0.25, 0.3) is 0 Å². The number of benzene rings is 1. The molecular formula is C20H26N4O3S. The number of aliphatic hydroxyl groups is 1. The fourth-order valence-electron chi connectivity index (χ4n) is 3.34. The molecule has 3 N–H and O–H groups in total. The van der Waals surface area contributed by atoms with Crippen LogP contribution < -0.4 is 10.6 Å². The highest BCUT2D eigenvalue weighted by atomic mass is 32.1. The Morgan fingerprint density at radius 3 is 2.68 bits per heavy atom. The molecule has 150 valence electrons. The van der Waals surface area contributed by atoms with Gasteiger partial charge in [0.1, 0.15) is 6.04 Å². The highest BCUT2D eigenvalue weighted by Crippen LogP contribution is 2.27. The Balaban J connectivity index is 1.61. The summed E-state index contributed by atoms with van der Waals surface area (Å²) in [6, 6.07) is 6.95. The van der Waals surface area contributed by atoms with Crippen LogP contribution in [0.15, 0.2) is 29.8 Å². The van der Waals surface area contributed by atoms with Crippen LogP contribution in [0.5, 0.6) is 0 Å². The molecule has 2 aromatic rings. The third-order valence-corrected chi connectivity index (χ3v) is 6.07.